The smallest absolute Gasteiger partial charge is 0.382 e. The van der Waals surface area contributed by atoms with Crippen LogP contribution < -0.4 is 10.2 Å². The minimum Gasteiger partial charge on any atom is -0.382 e. The number of likely N-dealkylation sites (tertiary alicyclic amines) is 1. The fourth-order valence-corrected chi connectivity index (χ4v) is 5.19. The van der Waals surface area contributed by atoms with Gasteiger partial charge in [-0.3, -0.25) is 19.8 Å². The van der Waals surface area contributed by atoms with E-state index in [0.717, 1.165) is 51.3 Å². The Morgan fingerprint density at radius 2 is 1.76 bits per heavy atom. The molecular weight excluding hydrogens is 499 g/mol. The molecule has 38 heavy (non-hydrogen) atoms. The highest BCUT2D eigenvalue weighted by Crippen LogP contribution is 2.38. The molecule has 1 N–H and O–H groups in total. The summed E-state index contributed by atoms with van der Waals surface area (Å²) in [6.45, 7) is 7.93. The monoisotopic (exact) mass is 533 g/mol. The van der Waals surface area contributed by atoms with Crippen LogP contribution in [0.4, 0.5) is 30.2 Å². The number of hydrogen-bond acceptors (Lipinski definition) is 6. The Hall–Kier alpha value is -3.34. The minimum absolute atomic E-state index is 0.105. The molecule has 2 aromatic carbocycles. The number of rotatable bonds is 8. The first-order valence-corrected chi connectivity index (χ1v) is 13.0. The van der Waals surface area contributed by atoms with Crippen LogP contribution in [-0.2, 0) is 11.0 Å². The van der Waals surface area contributed by atoms with Gasteiger partial charge in [-0.1, -0.05) is 12.1 Å². The number of nitro groups is 1. The highest BCUT2D eigenvalue weighted by Gasteiger charge is 2.38. The van der Waals surface area contributed by atoms with Crippen LogP contribution >= 0.6 is 0 Å². The van der Waals surface area contributed by atoms with Gasteiger partial charge in [0.25, 0.3) is 5.69 Å². The third kappa shape index (κ3) is 7.15. The molecule has 4 rings (SSSR count). The van der Waals surface area contributed by atoms with Crippen LogP contribution in [0.3, 0.4) is 0 Å². The van der Waals surface area contributed by atoms with E-state index >= 15 is 0 Å². The molecule has 0 saturated carbocycles. The van der Waals surface area contributed by atoms with Crippen molar-refractivity contribution in [2.24, 2.45) is 0 Å². The van der Waals surface area contributed by atoms with Gasteiger partial charge in [0.1, 0.15) is 5.56 Å². The van der Waals surface area contributed by atoms with Crippen molar-refractivity contribution in [1.29, 1.82) is 0 Å². The van der Waals surface area contributed by atoms with Crippen molar-refractivity contribution >= 4 is 23.0 Å². The Balaban J connectivity index is 1.17. The summed E-state index contributed by atoms with van der Waals surface area (Å²) in [6.07, 6.45) is -2.33. The zero-order chi connectivity index (χ0) is 27.3. The van der Waals surface area contributed by atoms with Crippen LogP contribution in [0.25, 0.3) is 0 Å². The van der Waals surface area contributed by atoms with Crippen molar-refractivity contribution in [2.45, 2.75) is 44.8 Å². The van der Waals surface area contributed by atoms with E-state index in [-0.39, 0.29) is 17.6 Å². The highest BCUT2D eigenvalue weighted by atomic mass is 19.4. The van der Waals surface area contributed by atoms with Crippen LogP contribution in [0.15, 0.2) is 42.5 Å². The summed E-state index contributed by atoms with van der Waals surface area (Å²) in [5.74, 6) is 0.108. The van der Waals surface area contributed by atoms with Crippen LogP contribution in [0.1, 0.15) is 36.8 Å². The normalized spacial score (nSPS) is 17.5. The fourth-order valence-electron chi connectivity index (χ4n) is 5.19. The maximum Gasteiger partial charge on any atom is 0.423 e. The Morgan fingerprint density at radius 3 is 2.39 bits per heavy atom. The van der Waals surface area contributed by atoms with Gasteiger partial charge in [-0.25, -0.2) is 0 Å². The first-order valence-electron chi connectivity index (χ1n) is 13.0. The lowest BCUT2D eigenvalue weighted by atomic mass is 10.0. The number of piperazine rings is 1. The molecule has 2 saturated heterocycles. The van der Waals surface area contributed by atoms with Gasteiger partial charge in [-0.2, -0.15) is 13.2 Å². The zero-order valence-corrected chi connectivity index (χ0v) is 21.5. The summed E-state index contributed by atoms with van der Waals surface area (Å²) in [5.41, 5.74) is 0.473. The Bertz CT molecular complexity index is 1130. The van der Waals surface area contributed by atoms with Gasteiger partial charge in [0.15, 0.2) is 0 Å². The van der Waals surface area contributed by atoms with Crippen LogP contribution in [0, 0.1) is 17.0 Å². The summed E-state index contributed by atoms with van der Waals surface area (Å²) >= 11 is 0. The molecule has 2 aliphatic rings. The Kier molecular flexibility index (Phi) is 8.76. The second-order valence-electron chi connectivity index (χ2n) is 10.1. The van der Waals surface area contributed by atoms with Gasteiger partial charge in [0.2, 0.25) is 5.91 Å². The molecule has 2 aromatic rings. The number of carbonyl (C=O) groups excluding carboxylic acids is 1. The number of amides is 1. The molecule has 0 unspecified atom stereocenters. The average molecular weight is 534 g/mol. The van der Waals surface area contributed by atoms with Crippen molar-refractivity contribution in [2.75, 3.05) is 56.0 Å². The summed E-state index contributed by atoms with van der Waals surface area (Å²) < 4.78 is 39.7. The summed E-state index contributed by atoms with van der Waals surface area (Å²) in [4.78, 5) is 29.3. The fraction of sp³-hybridized carbons (Fsp3) is 0.519. The second kappa shape index (κ2) is 12.0. The molecule has 0 bridgehead atoms. The third-order valence-corrected chi connectivity index (χ3v) is 7.32. The van der Waals surface area contributed by atoms with Crippen molar-refractivity contribution in [3.05, 3.63) is 63.7 Å². The molecule has 0 aromatic heterocycles. The maximum atomic E-state index is 13.2. The second-order valence-corrected chi connectivity index (χ2v) is 10.1. The van der Waals surface area contributed by atoms with Gasteiger partial charge in [-0.05, 0) is 62.6 Å². The lowest BCUT2D eigenvalue weighted by molar-refractivity contribution is -0.388. The first-order chi connectivity index (χ1) is 18.1. The van der Waals surface area contributed by atoms with Crippen molar-refractivity contribution < 1.29 is 22.9 Å². The molecule has 2 heterocycles. The van der Waals surface area contributed by atoms with Crippen LogP contribution in [-0.4, -0.2) is 72.5 Å². The number of benzene rings is 2. The third-order valence-electron chi connectivity index (χ3n) is 7.32. The van der Waals surface area contributed by atoms with Gasteiger partial charge >= 0.3 is 6.18 Å². The molecule has 1 amide bonds. The van der Waals surface area contributed by atoms with Gasteiger partial charge in [-0.15, -0.1) is 0 Å². The number of hydrogen-bond donors (Lipinski definition) is 1. The Morgan fingerprint density at radius 1 is 1.05 bits per heavy atom. The number of carbonyl (C=O) groups is 1. The molecule has 0 aliphatic carbocycles. The maximum absolute atomic E-state index is 13.2. The molecule has 2 fully saturated rings. The van der Waals surface area contributed by atoms with E-state index in [0.29, 0.717) is 32.4 Å². The van der Waals surface area contributed by atoms with E-state index in [1.807, 2.05) is 4.90 Å². The largest absolute Gasteiger partial charge is 0.423 e. The number of alkyl halides is 3. The molecule has 206 valence electrons. The van der Waals surface area contributed by atoms with Crippen molar-refractivity contribution in [1.82, 2.24) is 9.80 Å². The lowest BCUT2D eigenvalue weighted by Crippen LogP contribution is -2.47. The molecule has 8 nitrogen and oxygen atoms in total. The number of piperidine rings is 1. The number of aryl methyl sites for hydroxylation is 1. The predicted octanol–water partition coefficient (Wildman–Crippen LogP) is 4.93. The summed E-state index contributed by atoms with van der Waals surface area (Å²) in [7, 11) is 0. The number of nitro benzene ring substituents is 1. The van der Waals surface area contributed by atoms with Crippen LogP contribution in [0.5, 0.6) is 0 Å². The SMILES string of the molecule is Cc1cccc(N2CCN(CCCC(=O)N3CCC(Nc4ccc([N+](=O)[O-])c(C(F)(F)F)c4)CC3)CC2)c1. The average Bonchev–Trinajstić information content (AvgIpc) is 2.89. The quantitative estimate of drug-likeness (QED) is 0.383. The van der Waals surface area contributed by atoms with E-state index in [4.69, 9.17) is 0 Å². The zero-order valence-electron chi connectivity index (χ0n) is 21.5. The van der Waals surface area contributed by atoms with E-state index in [1.165, 1.54) is 17.3 Å². The molecule has 0 spiro atoms. The minimum atomic E-state index is -4.82. The van der Waals surface area contributed by atoms with E-state index in [2.05, 4.69) is 46.3 Å². The summed E-state index contributed by atoms with van der Waals surface area (Å²) in [5, 5.41) is 14.0. The van der Waals surface area contributed by atoms with Gasteiger partial charge in [0.05, 0.1) is 4.92 Å². The van der Waals surface area contributed by atoms with Crippen LogP contribution in [0.2, 0.25) is 0 Å². The number of nitrogens with one attached hydrogen (secondary N) is 1. The van der Waals surface area contributed by atoms with Crippen molar-refractivity contribution in [3.8, 4) is 0 Å². The number of nitrogens with zero attached hydrogens (tertiary/aromatic N) is 4. The molecule has 0 radical (unpaired) electrons. The standard InChI is InChI=1S/C27H34F3N5O3/c1-20-4-2-5-23(18-20)33-16-14-32(15-17-33)11-3-6-26(36)34-12-9-21(10-13-34)31-22-7-8-25(35(37)38)24(19-22)27(28,29)30/h2,4-5,7-8,18-19,21,31H,3,6,9-17H2,1H3. The Labute approximate surface area is 220 Å². The van der Waals surface area contributed by atoms with Gasteiger partial charge < -0.3 is 15.1 Å². The topological polar surface area (TPSA) is 82.0 Å². The highest BCUT2D eigenvalue weighted by molar-refractivity contribution is 5.76. The van der Waals surface area contributed by atoms with E-state index in [9.17, 15) is 28.1 Å². The first kappa shape index (κ1) is 27.7. The van der Waals surface area contributed by atoms with E-state index < -0.39 is 22.4 Å². The number of anilines is 2. The summed E-state index contributed by atoms with van der Waals surface area (Å²) in [6, 6.07) is 11.4. The molecule has 2 aliphatic heterocycles. The van der Waals surface area contributed by atoms with E-state index in [1.54, 1.807) is 0 Å². The predicted molar refractivity (Wildman–Crippen MR) is 140 cm³/mol. The lowest BCUT2D eigenvalue weighted by Gasteiger charge is -2.36. The molecule has 0 atom stereocenters. The molecule has 11 heteroatoms. The van der Waals surface area contributed by atoms with Gasteiger partial charge in [0, 0.05) is 69.2 Å². The van der Waals surface area contributed by atoms with Crippen molar-refractivity contribution in [3.63, 3.8) is 0 Å². The molecular formula is C27H34F3N5O3. The number of halogens is 3.